The van der Waals surface area contributed by atoms with Crippen molar-refractivity contribution in [3.63, 3.8) is 0 Å². The molecule has 1 radical (unpaired) electrons. The molecule has 0 saturated carbocycles. The van der Waals surface area contributed by atoms with Gasteiger partial charge in [-0.05, 0) is 12.8 Å². The third-order valence-electron chi connectivity index (χ3n) is 3.03. The van der Waals surface area contributed by atoms with Crippen LogP contribution in [-0.4, -0.2) is 66.8 Å². The normalized spacial score (nSPS) is 13.7. The van der Waals surface area contributed by atoms with Crippen LogP contribution in [0.25, 0.3) is 0 Å². The van der Waals surface area contributed by atoms with Crippen molar-refractivity contribution in [1.29, 1.82) is 0 Å². The minimum Gasteiger partial charge on any atom is -0.481 e. The summed E-state index contributed by atoms with van der Waals surface area (Å²) in [6.07, 6.45) is 0.879. The average molecular weight is 324 g/mol. The molecule has 0 aliphatic carbocycles. The molecule has 0 spiro atoms. The van der Waals surface area contributed by atoms with Crippen molar-refractivity contribution in [3.05, 3.63) is 0 Å². The first-order chi connectivity index (χ1) is 9.99. The van der Waals surface area contributed by atoms with Gasteiger partial charge in [-0.1, -0.05) is 0 Å². The smallest absolute Gasteiger partial charge is 0.303 e. The first-order valence-corrected chi connectivity index (χ1v) is 7.73. The van der Waals surface area contributed by atoms with Gasteiger partial charge >= 0.3 is 5.97 Å². The fourth-order valence-electron chi connectivity index (χ4n) is 1.92. The number of carboxylic acid groups (broad SMARTS) is 1. The Bertz CT molecular complexity index is 305. The molecule has 0 fully saturated rings. The lowest BCUT2D eigenvalue weighted by Crippen LogP contribution is -3.14. The SMILES string of the molecule is [NH]CC[NH+](CCNC(=O)CCCCC(=O)O)CC(O)CCl. The molecule has 123 valence electrons. The average Bonchev–Trinajstić information content (AvgIpc) is 2.43. The highest BCUT2D eigenvalue weighted by molar-refractivity contribution is 6.18. The van der Waals surface area contributed by atoms with Gasteiger partial charge in [0.2, 0.25) is 5.91 Å². The Morgan fingerprint density at radius 2 is 1.90 bits per heavy atom. The molecular formula is C13H26ClN3O4+. The molecule has 0 aliphatic rings. The van der Waals surface area contributed by atoms with E-state index in [1.165, 1.54) is 0 Å². The number of quaternary nitrogens is 1. The molecule has 0 heterocycles. The van der Waals surface area contributed by atoms with E-state index in [0.717, 1.165) is 4.90 Å². The minimum absolute atomic E-state index is 0.0883. The van der Waals surface area contributed by atoms with Crippen LogP contribution in [0.3, 0.4) is 0 Å². The van der Waals surface area contributed by atoms with Crippen LogP contribution in [0, 0.1) is 0 Å². The van der Waals surface area contributed by atoms with Gasteiger partial charge in [-0.3, -0.25) is 15.3 Å². The Morgan fingerprint density at radius 1 is 1.24 bits per heavy atom. The Labute approximate surface area is 130 Å². The Balaban J connectivity index is 3.76. The summed E-state index contributed by atoms with van der Waals surface area (Å²) in [5.41, 5.74) is 7.23. The van der Waals surface area contributed by atoms with Crippen molar-refractivity contribution in [2.24, 2.45) is 0 Å². The number of nitrogens with one attached hydrogen (secondary N) is 3. The summed E-state index contributed by atoms with van der Waals surface area (Å²) in [5, 5.41) is 20.7. The van der Waals surface area contributed by atoms with Crippen LogP contribution < -0.4 is 16.0 Å². The number of aliphatic hydroxyl groups is 1. The van der Waals surface area contributed by atoms with Crippen LogP contribution in [0.1, 0.15) is 25.7 Å². The van der Waals surface area contributed by atoms with E-state index in [1.807, 2.05) is 0 Å². The van der Waals surface area contributed by atoms with E-state index >= 15 is 0 Å². The maximum atomic E-state index is 11.5. The van der Waals surface area contributed by atoms with E-state index in [1.54, 1.807) is 0 Å². The second-order valence-corrected chi connectivity index (χ2v) is 5.27. The Kier molecular flexibility index (Phi) is 12.3. The summed E-state index contributed by atoms with van der Waals surface area (Å²) in [6, 6.07) is 0. The molecule has 2 unspecified atom stereocenters. The van der Waals surface area contributed by atoms with Crippen molar-refractivity contribution in [1.82, 2.24) is 11.1 Å². The number of amides is 1. The predicted molar refractivity (Wildman–Crippen MR) is 79.4 cm³/mol. The summed E-state index contributed by atoms with van der Waals surface area (Å²) in [5.74, 6) is -0.774. The van der Waals surface area contributed by atoms with Gasteiger partial charge in [-0.15, -0.1) is 11.6 Å². The van der Waals surface area contributed by atoms with Gasteiger partial charge in [0.15, 0.2) is 0 Å². The number of carbonyl (C=O) groups excluding carboxylic acids is 1. The zero-order chi connectivity index (χ0) is 16.1. The van der Waals surface area contributed by atoms with Crippen LogP contribution in [-0.2, 0) is 9.59 Å². The van der Waals surface area contributed by atoms with Gasteiger partial charge in [-0.2, -0.15) is 0 Å². The first kappa shape index (κ1) is 20.1. The third-order valence-corrected chi connectivity index (χ3v) is 3.38. The monoisotopic (exact) mass is 323 g/mol. The van der Waals surface area contributed by atoms with E-state index in [-0.39, 0.29) is 24.8 Å². The summed E-state index contributed by atoms with van der Waals surface area (Å²) < 4.78 is 0. The Morgan fingerprint density at radius 3 is 2.48 bits per heavy atom. The highest BCUT2D eigenvalue weighted by atomic mass is 35.5. The largest absolute Gasteiger partial charge is 0.481 e. The zero-order valence-electron chi connectivity index (χ0n) is 12.2. The number of carbonyl (C=O) groups is 2. The topological polar surface area (TPSA) is 115 Å². The van der Waals surface area contributed by atoms with Crippen LogP contribution in [0.4, 0.5) is 0 Å². The summed E-state index contributed by atoms with van der Waals surface area (Å²) in [4.78, 5) is 22.9. The molecule has 0 rings (SSSR count). The van der Waals surface area contributed by atoms with Gasteiger partial charge in [0.05, 0.1) is 32.1 Å². The lowest BCUT2D eigenvalue weighted by atomic mass is 10.2. The van der Waals surface area contributed by atoms with Crippen LogP contribution in [0.2, 0.25) is 0 Å². The van der Waals surface area contributed by atoms with E-state index in [9.17, 15) is 14.7 Å². The van der Waals surface area contributed by atoms with Crippen molar-refractivity contribution < 1.29 is 24.7 Å². The van der Waals surface area contributed by atoms with Gasteiger partial charge < -0.3 is 20.4 Å². The van der Waals surface area contributed by atoms with E-state index in [2.05, 4.69) is 5.32 Å². The molecule has 7 nitrogen and oxygen atoms in total. The first-order valence-electron chi connectivity index (χ1n) is 7.20. The number of alkyl halides is 1. The Hall–Kier alpha value is -0.890. The van der Waals surface area contributed by atoms with Gasteiger partial charge in [-0.25, -0.2) is 0 Å². The maximum absolute atomic E-state index is 11.5. The molecule has 0 aromatic heterocycles. The highest BCUT2D eigenvalue weighted by Crippen LogP contribution is 1.99. The van der Waals surface area contributed by atoms with Crippen LogP contribution >= 0.6 is 11.6 Å². The second kappa shape index (κ2) is 12.8. The van der Waals surface area contributed by atoms with Crippen molar-refractivity contribution in [2.45, 2.75) is 31.8 Å². The van der Waals surface area contributed by atoms with Crippen LogP contribution in [0.15, 0.2) is 0 Å². The molecule has 8 heteroatoms. The number of halogens is 1. The standard InChI is InChI=1S/C13H25ClN3O4/c14-9-11(18)10-17(7-5-15)8-6-16-12(19)3-1-2-4-13(20)21/h11,15,18H,1-10H2,(H,16,19)(H,20,21)/p+1. The van der Waals surface area contributed by atoms with Gasteiger partial charge in [0.1, 0.15) is 12.6 Å². The van der Waals surface area contributed by atoms with E-state index in [0.29, 0.717) is 45.4 Å². The third kappa shape index (κ3) is 12.6. The quantitative estimate of drug-likeness (QED) is 0.244. The zero-order valence-corrected chi connectivity index (χ0v) is 13.0. The molecule has 0 aromatic carbocycles. The number of rotatable bonds is 13. The maximum Gasteiger partial charge on any atom is 0.303 e. The molecule has 0 aliphatic heterocycles. The lowest BCUT2D eigenvalue weighted by Gasteiger charge is -2.20. The molecule has 1 amide bonds. The highest BCUT2D eigenvalue weighted by Gasteiger charge is 2.14. The fourth-order valence-corrected chi connectivity index (χ4v) is 2.03. The molecule has 0 saturated heterocycles. The number of hydrogen-bond acceptors (Lipinski definition) is 3. The fraction of sp³-hybridized carbons (Fsp3) is 0.846. The van der Waals surface area contributed by atoms with Gasteiger partial charge in [0.25, 0.3) is 0 Å². The second-order valence-electron chi connectivity index (χ2n) is 4.96. The summed E-state index contributed by atoms with van der Waals surface area (Å²) in [7, 11) is 0. The molecule has 5 N–H and O–H groups in total. The lowest BCUT2D eigenvalue weighted by molar-refractivity contribution is -0.900. The van der Waals surface area contributed by atoms with Crippen LogP contribution in [0.5, 0.6) is 0 Å². The number of aliphatic carboxylic acids is 1. The van der Waals surface area contributed by atoms with E-state index < -0.39 is 12.1 Å². The van der Waals surface area contributed by atoms with Gasteiger partial charge in [0, 0.05) is 12.8 Å². The summed E-state index contributed by atoms with van der Waals surface area (Å²) >= 11 is 5.55. The molecular weight excluding hydrogens is 298 g/mol. The molecule has 0 bridgehead atoms. The number of hydrogen-bond donors (Lipinski definition) is 4. The van der Waals surface area contributed by atoms with Crippen molar-refractivity contribution in [3.8, 4) is 0 Å². The summed E-state index contributed by atoms with van der Waals surface area (Å²) in [6.45, 7) is 2.43. The molecule has 2 atom stereocenters. The number of unbranched alkanes of at least 4 members (excludes halogenated alkanes) is 1. The minimum atomic E-state index is -0.845. The van der Waals surface area contributed by atoms with Crippen molar-refractivity contribution >= 4 is 23.5 Å². The molecule has 21 heavy (non-hydrogen) atoms. The number of aliphatic hydroxyl groups excluding tert-OH is 1. The number of carboxylic acids is 1. The molecule has 0 aromatic rings. The van der Waals surface area contributed by atoms with Crippen molar-refractivity contribution in [2.75, 3.05) is 38.6 Å². The predicted octanol–water partition coefficient (Wildman–Crippen LogP) is -1.48. The van der Waals surface area contributed by atoms with E-state index in [4.69, 9.17) is 22.4 Å².